The summed E-state index contributed by atoms with van der Waals surface area (Å²) in [5.74, 6) is 0.00338. The molecule has 0 aliphatic heterocycles. The van der Waals surface area contributed by atoms with Gasteiger partial charge < -0.3 is 14.6 Å². The molecule has 1 aromatic heterocycles. The third-order valence-electron chi connectivity index (χ3n) is 4.96. The quantitative estimate of drug-likeness (QED) is 0.293. The average Bonchev–Trinajstić information content (AvgIpc) is 2.81. The van der Waals surface area contributed by atoms with Gasteiger partial charge in [0.05, 0.1) is 28.7 Å². The van der Waals surface area contributed by atoms with Crippen molar-refractivity contribution >= 4 is 70.9 Å². The minimum atomic E-state index is -1.11. The number of aliphatic carboxylic acids is 1. The molecule has 0 aliphatic rings. The number of carboxylic acids is 1. The first kappa shape index (κ1) is 26.4. The van der Waals surface area contributed by atoms with E-state index in [1.165, 1.54) is 24.9 Å². The normalized spacial score (nSPS) is 12.3. The Labute approximate surface area is 221 Å². The molecule has 0 bridgehead atoms. The van der Waals surface area contributed by atoms with Crippen molar-refractivity contribution in [1.29, 1.82) is 0 Å². The number of hydrogen-bond acceptors (Lipinski definition) is 6. The Kier molecular flexibility index (Phi) is 8.89. The Balaban J connectivity index is 2.12. The number of hydrogen-bond donors (Lipinski definition) is 1. The fraction of sp³-hybridized carbons (Fsp3) is 0.304. The zero-order valence-corrected chi connectivity index (χ0v) is 23.4. The van der Waals surface area contributed by atoms with Gasteiger partial charge in [-0.3, -0.25) is 4.79 Å². The Morgan fingerprint density at radius 2 is 2.00 bits per heavy atom. The zero-order valence-electron chi connectivity index (χ0n) is 18.6. The lowest BCUT2D eigenvalue weighted by atomic mass is 10.2. The highest BCUT2D eigenvalue weighted by atomic mass is 79.9. The molecule has 0 fully saturated rings. The van der Waals surface area contributed by atoms with Crippen LogP contribution in [0.3, 0.4) is 0 Å². The van der Waals surface area contributed by atoms with E-state index in [0.717, 1.165) is 17.3 Å². The molecular weight excluding hydrogens is 638 g/mol. The Morgan fingerprint density at radius 1 is 1.26 bits per heavy atom. The number of halogens is 3. The van der Waals surface area contributed by atoms with Crippen LogP contribution in [0.4, 0.5) is 0 Å². The SMILES string of the molecule is CCCCc1nc2ccc(Br)cc2c(=O)n1N=Cc1cc(OC)c(O[C@@H](C)C(=O)O)c(Br)c1Br. The summed E-state index contributed by atoms with van der Waals surface area (Å²) in [6.07, 6.45) is 2.84. The highest BCUT2D eigenvalue weighted by Crippen LogP contribution is 2.42. The number of nitrogens with zero attached hydrogens (tertiary/aromatic N) is 3. The number of rotatable bonds is 9. The number of benzene rings is 2. The van der Waals surface area contributed by atoms with Gasteiger partial charge in [0.15, 0.2) is 17.6 Å². The molecule has 0 radical (unpaired) electrons. The first-order valence-electron chi connectivity index (χ1n) is 10.4. The van der Waals surface area contributed by atoms with E-state index in [0.29, 0.717) is 43.4 Å². The topological polar surface area (TPSA) is 103 Å². The van der Waals surface area contributed by atoms with Crippen molar-refractivity contribution in [1.82, 2.24) is 9.66 Å². The Morgan fingerprint density at radius 3 is 2.65 bits per heavy atom. The molecule has 0 saturated carbocycles. The van der Waals surface area contributed by atoms with Crippen molar-refractivity contribution in [3.8, 4) is 11.5 Å². The molecular formula is C23H22Br3N3O5. The lowest BCUT2D eigenvalue weighted by Gasteiger charge is -2.17. The molecule has 1 atom stereocenters. The monoisotopic (exact) mass is 657 g/mol. The van der Waals surface area contributed by atoms with Gasteiger partial charge in [0, 0.05) is 20.9 Å². The fourth-order valence-corrected chi connectivity index (χ4v) is 4.39. The van der Waals surface area contributed by atoms with Gasteiger partial charge in [-0.25, -0.2) is 9.78 Å². The summed E-state index contributed by atoms with van der Waals surface area (Å²) in [5, 5.41) is 14.1. The largest absolute Gasteiger partial charge is 0.493 e. The van der Waals surface area contributed by atoms with Gasteiger partial charge in [-0.15, -0.1) is 0 Å². The third-order valence-corrected chi connectivity index (χ3v) is 7.60. The van der Waals surface area contributed by atoms with Crippen LogP contribution in [-0.2, 0) is 11.2 Å². The molecule has 3 rings (SSSR count). The first-order valence-corrected chi connectivity index (χ1v) is 12.8. The van der Waals surface area contributed by atoms with Crippen LogP contribution >= 0.6 is 47.8 Å². The van der Waals surface area contributed by atoms with E-state index < -0.39 is 12.1 Å². The number of aromatic nitrogens is 2. The zero-order chi connectivity index (χ0) is 25.0. The average molecular weight is 660 g/mol. The molecule has 0 spiro atoms. The number of carboxylic acid groups (broad SMARTS) is 1. The van der Waals surface area contributed by atoms with E-state index in [2.05, 4.69) is 64.8 Å². The third kappa shape index (κ3) is 5.69. The first-order chi connectivity index (χ1) is 16.2. The standard InChI is InChI=1S/C23H22Br3N3O5/c1-4-5-6-18-28-16-8-7-14(24)10-15(16)22(30)29(18)27-11-13-9-17(33-3)21(20(26)19(13)25)34-12(2)23(31)32/h7-12H,4-6H2,1-3H3,(H,31,32)/t12-/m0/s1. The van der Waals surface area contributed by atoms with Gasteiger partial charge in [0.2, 0.25) is 0 Å². The summed E-state index contributed by atoms with van der Waals surface area (Å²) in [6.45, 7) is 3.49. The summed E-state index contributed by atoms with van der Waals surface area (Å²) in [7, 11) is 1.45. The van der Waals surface area contributed by atoms with Gasteiger partial charge >= 0.3 is 5.97 Å². The highest BCUT2D eigenvalue weighted by molar-refractivity contribution is 9.13. The van der Waals surface area contributed by atoms with Crippen molar-refractivity contribution in [2.24, 2.45) is 5.10 Å². The summed E-state index contributed by atoms with van der Waals surface area (Å²) in [4.78, 5) is 29.2. The highest BCUT2D eigenvalue weighted by Gasteiger charge is 2.21. The molecule has 0 unspecified atom stereocenters. The van der Waals surface area contributed by atoms with Crippen molar-refractivity contribution in [2.75, 3.05) is 7.11 Å². The van der Waals surface area contributed by atoms with Crippen molar-refractivity contribution in [3.63, 3.8) is 0 Å². The minimum Gasteiger partial charge on any atom is -0.493 e. The smallest absolute Gasteiger partial charge is 0.344 e. The van der Waals surface area contributed by atoms with E-state index in [4.69, 9.17) is 9.47 Å². The lowest BCUT2D eigenvalue weighted by Crippen LogP contribution is -2.23. The van der Waals surface area contributed by atoms with Gasteiger partial charge in [-0.1, -0.05) is 29.3 Å². The van der Waals surface area contributed by atoms with E-state index in [-0.39, 0.29) is 11.3 Å². The molecule has 34 heavy (non-hydrogen) atoms. The molecule has 0 aliphatic carbocycles. The van der Waals surface area contributed by atoms with Crippen LogP contribution in [-0.4, -0.2) is 40.2 Å². The molecule has 1 N–H and O–H groups in total. The fourth-order valence-electron chi connectivity index (χ4n) is 3.12. The lowest BCUT2D eigenvalue weighted by molar-refractivity contribution is -0.144. The molecule has 0 amide bonds. The van der Waals surface area contributed by atoms with Crippen LogP contribution < -0.4 is 15.0 Å². The number of aryl methyl sites for hydroxylation is 1. The van der Waals surface area contributed by atoms with Crippen LogP contribution in [0.1, 0.15) is 38.1 Å². The minimum absolute atomic E-state index is 0.236. The molecule has 11 heteroatoms. The van der Waals surface area contributed by atoms with Gasteiger partial charge in [0.25, 0.3) is 5.56 Å². The maximum absolute atomic E-state index is 13.3. The van der Waals surface area contributed by atoms with Crippen LogP contribution in [0.2, 0.25) is 0 Å². The number of carbonyl (C=O) groups is 1. The second kappa shape index (κ2) is 11.5. The van der Waals surface area contributed by atoms with Gasteiger partial charge in [-0.2, -0.15) is 9.78 Å². The molecule has 180 valence electrons. The van der Waals surface area contributed by atoms with Crippen LogP contribution in [0.5, 0.6) is 11.5 Å². The Hall–Kier alpha value is -2.24. The number of methoxy groups -OCH3 is 1. The van der Waals surface area contributed by atoms with E-state index in [9.17, 15) is 14.7 Å². The summed E-state index contributed by atoms with van der Waals surface area (Å²) < 4.78 is 14.1. The second-order valence-corrected chi connectivity index (χ2v) is 9.88. The molecule has 8 nitrogen and oxygen atoms in total. The van der Waals surface area contributed by atoms with E-state index >= 15 is 0 Å². The van der Waals surface area contributed by atoms with E-state index in [1.807, 2.05) is 6.07 Å². The maximum Gasteiger partial charge on any atom is 0.344 e. The second-order valence-electron chi connectivity index (χ2n) is 7.38. The predicted molar refractivity (Wildman–Crippen MR) is 141 cm³/mol. The van der Waals surface area contributed by atoms with Gasteiger partial charge in [0.1, 0.15) is 5.82 Å². The summed E-state index contributed by atoms with van der Waals surface area (Å²) in [5.41, 5.74) is 0.929. The van der Waals surface area contributed by atoms with Crippen molar-refractivity contribution in [2.45, 2.75) is 39.2 Å². The van der Waals surface area contributed by atoms with Crippen molar-refractivity contribution in [3.05, 3.63) is 59.4 Å². The van der Waals surface area contributed by atoms with Crippen LogP contribution in [0, 0.1) is 0 Å². The predicted octanol–water partition coefficient (Wildman–Crippen LogP) is 5.77. The van der Waals surface area contributed by atoms with Gasteiger partial charge in [-0.05, 0) is 69.5 Å². The van der Waals surface area contributed by atoms with Crippen LogP contribution in [0.15, 0.2) is 47.6 Å². The summed E-state index contributed by atoms with van der Waals surface area (Å²) >= 11 is 10.3. The molecule has 1 heterocycles. The molecule has 3 aromatic rings. The Bertz CT molecular complexity index is 1320. The number of unbranched alkanes of at least 4 members (excludes halogenated alkanes) is 1. The molecule has 0 saturated heterocycles. The van der Waals surface area contributed by atoms with Crippen LogP contribution in [0.25, 0.3) is 10.9 Å². The van der Waals surface area contributed by atoms with Crippen molar-refractivity contribution < 1.29 is 19.4 Å². The summed E-state index contributed by atoms with van der Waals surface area (Å²) in [6, 6.07) is 7.02. The van der Waals surface area contributed by atoms with E-state index in [1.54, 1.807) is 18.2 Å². The maximum atomic E-state index is 13.3. The number of ether oxygens (including phenoxy) is 2. The number of fused-ring (bicyclic) bond motifs is 1. The molecule has 2 aromatic carbocycles.